The van der Waals surface area contributed by atoms with E-state index in [4.69, 9.17) is 11.6 Å². The minimum absolute atomic E-state index is 0.267. The molecule has 0 radical (unpaired) electrons. The van der Waals surface area contributed by atoms with Crippen LogP contribution in [0.25, 0.3) is 5.69 Å². The Labute approximate surface area is 132 Å². The van der Waals surface area contributed by atoms with Gasteiger partial charge in [-0.25, -0.2) is 4.68 Å². The minimum Gasteiger partial charge on any atom is -0.321 e. The summed E-state index contributed by atoms with van der Waals surface area (Å²) in [7, 11) is 0. The van der Waals surface area contributed by atoms with Gasteiger partial charge in [-0.15, -0.1) is 5.10 Å². The zero-order valence-electron chi connectivity index (χ0n) is 11.8. The van der Waals surface area contributed by atoms with Crippen molar-refractivity contribution in [1.29, 1.82) is 0 Å². The van der Waals surface area contributed by atoms with E-state index in [1.54, 1.807) is 17.7 Å². The molecule has 110 valence electrons. The Morgan fingerprint density at radius 1 is 1.09 bits per heavy atom. The lowest BCUT2D eigenvalue weighted by molar-refractivity contribution is 0.102. The summed E-state index contributed by atoms with van der Waals surface area (Å²) in [5.74, 6) is -0.304. The van der Waals surface area contributed by atoms with Crippen molar-refractivity contribution in [2.24, 2.45) is 0 Å². The van der Waals surface area contributed by atoms with Gasteiger partial charge in [0.05, 0.1) is 16.4 Å². The van der Waals surface area contributed by atoms with Crippen molar-refractivity contribution in [3.8, 4) is 5.69 Å². The van der Waals surface area contributed by atoms with Gasteiger partial charge in [0.1, 0.15) is 0 Å². The Morgan fingerprint density at radius 2 is 1.77 bits per heavy atom. The second kappa shape index (κ2) is 5.99. The largest absolute Gasteiger partial charge is 0.321 e. The second-order valence-electron chi connectivity index (χ2n) is 4.71. The highest BCUT2D eigenvalue weighted by Gasteiger charge is 2.18. The van der Waals surface area contributed by atoms with Gasteiger partial charge in [0.15, 0.2) is 5.69 Å². The van der Waals surface area contributed by atoms with E-state index in [0.717, 1.165) is 0 Å². The smallest absolute Gasteiger partial charge is 0.278 e. The van der Waals surface area contributed by atoms with Gasteiger partial charge in [-0.05, 0) is 31.2 Å². The van der Waals surface area contributed by atoms with Crippen molar-refractivity contribution in [3.63, 3.8) is 0 Å². The zero-order chi connectivity index (χ0) is 15.5. The molecule has 1 amide bonds. The number of nitrogens with one attached hydrogen (secondary N) is 1. The van der Waals surface area contributed by atoms with Gasteiger partial charge in [0.25, 0.3) is 5.91 Å². The number of halogens is 1. The maximum Gasteiger partial charge on any atom is 0.278 e. The van der Waals surface area contributed by atoms with Crippen LogP contribution in [0.4, 0.5) is 5.69 Å². The van der Waals surface area contributed by atoms with Crippen LogP contribution >= 0.6 is 11.6 Å². The summed E-state index contributed by atoms with van der Waals surface area (Å²) in [5.41, 5.74) is 2.29. The summed E-state index contributed by atoms with van der Waals surface area (Å²) < 4.78 is 1.56. The highest BCUT2D eigenvalue weighted by atomic mass is 35.5. The van der Waals surface area contributed by atoms with Crippen LogP contribution in [0.15, 0.2) is 54.6 Å². The number of hydrogen-bond donors (Lipinski definition) is 1. The maximum absolute atomic E-state index is 12.3. The first kappa shape index (κ1) is 14.3. The van der Waals surface area contributed by atoms with Crippen LogP contribution in [0.3, 0.4) is 0 Å². The molecular weight excluding hydrogens is 300 g/mol. The molecule has 0 bridgehead atoms. The maximum atomic E-state index is 12.3. The first-order valence-electron chi connectivity index (χ1n) is 6.70. The van der Waals surface area contributed by atoms with E-state index in [2.05, 4.69) is 15.6 Å². The Morgan fingerprint density at radius 3 is 2.50 bits per heavy atom. The van der Waals surface area contributed by atoms with Crippen LogP contribution in [0.5, 0.6) is 0 Å². The molecule has 1 N–H and O–H groups in total. The number of benzene rings is 2. The summed E-state index contributed by atoms with van der Waals surface area (Å²) in [6, 6.07) is 16.5. The molecule has 2 aromatic carbocycles. The molecule has 0 aliphatic rings. The van der Waals surface area contributed by atoms with E-state index < -0.39 is 0 Å². The Kier molecular flexibility index (Phi) is 3.89. The number of hydrogen-bond acceptors (Lipinski definition) is 3. The van der Waals surface area contributed by atoms with Crippen LogP contribution in [0.2, 0.25) is 5.02 Å². The Bertz CT molecular complexity index is 814. The third kappa shape index (κ3) is 2.71. The molecule has 5 nitrogen and oxygen atoms in total. The average molecular weight is 313 g/mol. The standard InChI is InChI=1S/C16H13ClN4O/c1-11-15(16(22)18-12-7-3-2-4-8-12)19-20-21(11)14-10-6-5-9-13(14)17/h2-10H,1H3,(H,18,22). The normalized spacial score (nSPS) is 10.5. The lowest BCUT2D eigenvalue weighted by atomic mass is 10.2. The summed E-state index contributed by atoms with van der Waals surface area (Å²) in [4.78, 5) is 12.3. The molecule has 0 aliphatic heterocycles. The molecule has 22 heavy (non-hydrogen) atoms. The average Bonchev–Trinajstić information content (AvgIpc) is 2.90. The number of para-hydroxylation sites is 2. The molecule has 0 unspecified atom stereocenters. The fraction of sp³-hybridized carbons (Fsp3) is 0.0625. The molecule has 0 aliphatic carbocycles. The number of carbonyl (C=O) groups excluding carboxylic acids is 1. The topological polar surface area (TPSA) is 59.8 Å². The fourth-order valence-electron chi connectivity index (χ4n) is 2.10. The number of nitrogens with zero attached hydrogens (tertiary/aromatic N) is 3. The fourth-order valence-corrected chi connectivity index (χ4v) is 2.32. The third-order valence-electron chi connectivity index (χ3n) is 3.22. The zero-order valence-corrected chi connectivity index (χ0v) is 12.6. The van der Waals surface area contributed by atoms with Gasteiger partial charge in [0, 0.05) is 5.69 Å². The summed E-state index contributed by atoms with van der Waals surface area (Å²) >= 11 is 6.16. The number of amides is 1. The number of aromatic nitrogens is 3. The van der Waals surface area contributed by atoms with Crippen LogP contribution in [0, 0.1) is 6.92 Å². The van der Waals surface area contributed by atoms with Crippen LogP contribution in [0.1, 0.15) is 16.2 Å². The number of carbonyl (C=O) groups is 1. The third-order valence-corrected chi connectivity index (χ3v) is 3.54. The van der Waals surface area contributed by atoms with Crippen LogP contribution < -0.4 is 5.32 Å². The van der Waals surface area contributed by atoms with Crippen molar-refractivity contribution >= 4 is 23.2 Å². The summed E-state index contributed by atoms with van der Waals surface area (Å²) in [5, 5.41) is 11.3. The van der Waals surface area contributed by atoms with Gasteiger partial charge in [0.2, 0.25) is 0 Å². The van der Waals surface area contributed by atoms with Crippen molar-refractivity contribution < 1.29 is 4.79 Å². The summed E-state index contributed by atoms with van der Waals surface area (Å²) in [6.07, 6.45) is 0. The van der Waals surface area contributed by atoms with Gasteiger partial charge in [-0.1, -0.05) is 47.1 Å². The molecule has 0 atom stereocenters. The molecule has 1 aromatic heterocycles. The highest BCUT2D eigenvalue weighted by molar-refractivity contribution is 6.32. The predicted octanol–water partition coefficient (Wildman–Crippen LogP) is 3.48. The quantitative estimate of drug-likeness (QED) is 0.805. The predicted molar refractivity (Wildman–Crippen MR) is 85.5 cm³/mol. The molecule has 1 heterocycles. The van der Waals surface area contributed by atoms with E-state index in [-0.39, 0.29) is 11.6 Å². The molecule has 6 heteroatoms. The van der Waals surface area contributed by atoms with E-state index in [1.807, 2.05) is 48.5 Å². The van der Waals surface area contributed by atoms with Gasteiger partial charge < -0.3 is 5.32 Å². The molecule has 0 saturated heterocycles. The second-order valence-corrected chi connectivity index (χ2v) is 5.11. The first-order valence-corrected chi connectivity index (χ1v) is 7.08. The minimum atomic E-state index is -0.304. The molecular formula is C16H13ClN4O. The van der Waals surface area contributed by atoms with Crippen molar-refractivity contribution in [3.05, 3.63) is 71.0 Å². The lowest BCUT2D eigenvalue weighted by Gasteiger charge is -2.06. The first-order chi connectivity index (χ1) is 10.7. The van der Waals surface area contributed by atoms with Gasteiger partial charge >= 0.3 is 0 Å². The Balaban J connectivity index is 1.91. The van der Waals surface area contributed by atoms with Crippen molar-refractivity contribution in [2.75, 3.05) is 5.32 Å². The van der Waals surface area contributed by atoms with E-state index >= 15 is 0 Å². The van der Waals surface area contributed by atoms with E-state index in [1.165, 1.54) is 0 Å². The number of anilines is 1. The van der Waals surface area contributed by atoms with Crippen molar-refractivity contribution in [2.45, 2.75) is 6.92 Å². The lowest BCUT2D eigenvalue weighted by Crippen LogP contribution is -2.14. The van der Waals surface area contributed by atoms with Crippen LogP contribution in [-0.4, -0.2) is 20.9 Å². The van der Waals surface area contributed by atoms with Crippen LogP contribution in [-0.2, 0) is 0 Å². The SMILES string of the molecule is Cc1c(C(=O)Nc2ccccc2)nnn1-c1ccccc1Cl. The molecule has 0 spiro atoms. The summed E-state index contributed by atoms with van der Waals surface area (Å²) in [6.45, 7) is 1.78. The molecule has 0 fully saturated rings. The highest BCUT2D eigenvalue weighted by Crippen LogP contribution is 2.21. The van der Waals surface area contributed by atoms with Gasteiger partial charge in [-0.2, -0.15) is 0 Å². The van der Waals surface area contributed by atoms with Crippen molar-refractivity contribution in [1.82, 2.24) is 15.0 Å². The molecule has 0 saturated carbocycles. The molecule has 3 aromatic rings. The molecule has 3 rings (SSSR count). The number of rotatable bonds is 3. The Hall–Kier alpha value is -2.66. The van der Waals surface area contributed by atoms with E-state index in [9.17, 15) is 4.79 Å². The van der Waals surface area contributed by atoms with Gasteiger partial charge in [-0.3, -0.25) is 4.79 Å². The van der Waals surface area contributed by atoms with E-state index in [0.29, 0.717) is 22.1 Å². The monoisotopic (exact) mass is 312 g/mol.